The highest BCUT2D eigenvalue weighted by atomic mass is 16.5. The minimum absolute atomic E-state index is 0.725. The molecule has 1 aromatic carbocycles. The van der Waals surface area contributed by atoms with E-state index in [1.54, 1.807) is 0 Å². The zero-order valence-corrected chi connectivity index (χ0v) is 13.6. The lowest BCUT2D eigenvalue weighted by molar-refractivity contribution is 0.104. The van der Waals surface area contributed by atoms with Crippen LogP contribution >= 0.6 is 0 Å². The first-order chi connectivity index (χ1) is 11.3. The Balaban J connectivity index is 1.35. The van der Waals surface area contributed by atoms with Gasteiger partial charge in [-0.15, -0.1) is 0 Å². The van der Waals surface area contributed by atoms with Crippen LogP contribution in [0, 0.1) is 0 Å². The number of piperazine rings is 1. The zero-order chi connectivity index (χ0) is 15.9. The number of ether oxygens (including phenoxy) is 1. The molecule has 0 spiro atoms. The first-order valence-corrected chi connectivity index (χ1v) is 8.27. The number of para-hydroxylation sites is 1. The van der Waals surface area contributed by atoms with Crippen LogP contribution in [0.25, 0.3) is 0 Å². The average molecular weight is 316 g/mol. The highest BCUT2D eigenvalue weighted by molar-refractivity contribution is 5.20. The van der Waals surface area contributed by atoms with Crippen molar-refractivity contribution in [1.82, 2.24) is 19.9 Å². The van der Waals surface area contributed by atoms with Crippen LogP contribution in [0.15, 0.2) is 34.9 Å². The molecule has 0 amide bonds. The lowest BCUT2D eigenvalue weighted by Gasteiger charge is -2.33. The second-order valence-electron chi connectivity index (χ2n) is 5.74. The molecule has 0 N–H and O–H groups in total. The molecule has 124 valence electrons. The molecule has 0 aliphatic carbocycles. The van der Waals surface area contributed by atoms with Gasteiger partial charge in [-0.1, -0.05) is 30.3 Å². The molecule has 6 heteroatoms. The van der Waals surface area contributed by atoms with Crippen LogP contribution in [-0.4, -0.2) is 59.3 Å². The van der Waals surface area contributed by atoms with Gasteiger partial charge in [0, 0.05) is 39.1 Å². The molecule has 1 aliphatic rings. The minimum atomic E-state index is 0.725. The Bertz CT molecular complexity index is 579. The van der Waals surface area contributed by atoms with Crippen LogP contribution in [0.3, 0.4) is 0 Å². The van der Waals surface area contributed by atoms with E-state index in [1.165, 1.54) is 0 Å². The fourth-order valence-corrected chi connectivity index (χ4v) is 2.67. The molecule has 3 rings (SSSR count). The largest absolute Gasteiger partial charge is 0.492 e. The molecule has 2 heterocycles. The number of nitrogens with zero attached hydrogens (tertiary/aromatic N) is 4. The van der Waals surface area contributed by atoms with Crippen molar-refractivity contribution in [3.8, 4) is 5.75 Å². The fourth-order valence-electron chi connectivity index (χ4n) is 2.67. The zero-order valence-electron chi connectivity index (χ0n) is 13.6. The van der Waals surface area contributed by atoms with Crippen LogP contribution in [0.2, 0.25) is 0 Å². The molecule has 1 fully saturated rings. The van der Waals surface area contributed by atoms with Crippen molar-refractivity contribution >= 4 is 0 Å². The fraction of sp³-hybridized carbons (Fsp3) is 0.529. The second kappa shape index (κ2) is 8.08. The predicted octanol–water partition coefficient (Wildman–Crippen LogP) is 1.83. The highest BCUT2D eigenvalue weighted by Gasteiger charge is 2.18. The molecule has 0 bridgehead atoms. The Morgan fingerprint density at radius 1 is 1.09 bits per heavy atom. The SMILES string of the molecule is CCc1noc(CN2CCN(CCOc3ccccc3)CC2)n1. The Labute approximate surface area is 137 Å². The van der Waals surface area contributed by atoms with Gasteiger partial charge in [0.25, 0.3) is 0 Å². The normalized spacial score (nSPS) is 16.6. The van der Waals surface area contributed by atoms with Crippen LogP contribution in [0.5, 0.6) is 5.75 Å². The Hall–Kier alpha value is -1.92. The van der Waals surface area contributed by atoms with Crippen LogP contribution < -0.4 is 4.74 Å². The van der Waals surface area contributed by atoms with E-state index in [1.807, 2.05) is 37.3 Å². The summed E-state index contributed by atoms with van der Waals surface area (Å²) in [5, 5.41) is 3.94. The molecule has 0 atom stereocenters. The molecule has 23 heavy (non-hydrogen) atoms. The Kier molecular flexibility index (Phi) is 5.60. The molecular weight excluding hydrogens is 292 g/mol. The van der Waals surface area contributed by atoms with E-state index in [4.69, 9.17) is 9.26 Å². The number of aromatic nitrogens is 2. The summed E-state index contributed by atoms with van der Waals surface area (Å²) in [5.41, 5.74) is 0. The number of rotatable bonds is 7. The molecule has 6 nitrogen and oxygen atoms in total. The smallest absolute Gasteiger partial charge is 0.240 e. The summed E-state index contributed by atoms with van der Waals surface area (Å²) in [6.45, 7) is 8.62. The monoisotopic (exact) mass is 316 g/mol. The van der Waals surface area contributed by atoms with Gasteiger partial charge in [-0.05, 0) is 12.1 Å². The van der Waals surface area contributed by atoms with Crippen molar-refractivity contribution in [1.29, 1.82) is 0 Å². The van der Waals surface area contributed by atoms with E-state index in [0.717, 1.165) is 69.8 Å². The standard InChI is InChI=1S/C17H24N4O2/c1-2-16-18-17(23-19-16)14-21-10-8-20(9-11-21)12-13-22-15-6-4-3-5-7-15/h3-7H,2,8-14H2,1H3. The van der Waals surface area contributed by atoms with Crippen molar-refractivity contribution in [3.63, 3.8) is 0 Å². The van der Waals surface area contributed by atoms with Crippen molar-refractivity contribution < 1.29 is 9.26 Å². The summed E-state index contributed by atoms with van der Waals surface area (Å²) in [6.07, 6.45) is 0.818. The van der Waals surface area contributed by atoms with E-state index < -0.39 is 0 Å². The molecule has 0 radical (unpaired) electrons. The summed E-state index contributed by atoms with van der Waals surface area (Å²) in [7, 11) is 0. The molecule has 1 saturated heterocycles. The number of benzene rings is 1. The maximum absolute atomic E-state index is 5.76. The minimum Gasteiger partial charge on any atom is -0.492 e. The van der Waals surface area contributed by atoms with E-state index in [-0.39, 0.29) is 0 Å². The third-order valence-corrected chi connectivity index (χ3v) is 4.07. The Morgan fingerprint density at radius 2 is 1.83 bits per heavy atom. The topological polar surface area (TPSA) is 54.6 Å². The van der Waals surface area contributed by atoms with E-state index in [0.29, 0.717) is 0 Å². The van der Waals surface area contributed by atoms with Gasteiger partial charge in [0.15, 0.2) is 5.82 Å². The summed E-state index contributed by atoms with van der Waals surface area (Å²) in [6, 6.07) is 9.98. The average Bonchev–Trinajstić information content (AvgIpc) is 3.05. The number of hydrogen-bond donors (Lipinski definition) is 0. The Morgan fingerprint density at radius 3 is 2.52 bits per heavy atom. The first kappa shape index (κ1) is 16.0. The van der Waals surface area contributed by atoms with E-state index in [2.05, 4.69) is 19.9 Å². The molecular formula is C17H24N4O2. The van der Waals surface area contributed by atoms with Crippen molar-refractivity contribution in [3.05, 3.63) is 42.0 Å². The second-order valence-corrected chi connectivity index (χ2v) is 5.74. The highest BCUT2D eigenvalue weighted by Crippen LogP contribution is 2.10. The van der Waals surface area contributed by atoms with Crippen molar-refractivity contribution in [2.45, 2.75) is 19.9 Å². The first-order valence-electron chi connectivity index (χ1n) is 8.27. The lowest BCUT2D eigenvalue weighted by atomic mass is 10.3. The van der Waals surface area contributed by atoms with E-state index in [9.17, 15) is 0 Å². The van der Waals surface area contributed by atoms with Gasteiger partial charge in [0.2, 0.25) is 5.89 Å². The maximum atomic E-state index is 5.76. The third kappa shape index (κ3) is 4.77. The molecule has 0 saturated carbocycles. The van der Waals surface area contributed by atoms with Gasteiger partial charge in [-0.25, -0.2) is 0 Å². The van der Waals surface area contributed by atoms with Gasteiger partial charge in [-0.3, -0.25) is 9.80 Å². The summed E-state index contributed by atoms with van der Waals surface area (Å²) >= 11 is 0. The molecule has 1 aromatic heterocycles. The van der Waals surface area contributed by atoms with Gasteiger partial charge in [0.1, 0.15) is 12.4 Å². The predicted molar refractivity (Wildman–Crippen MR) is 87.3 cm³/mol. The molecule has 2 aromatic rings. The quantitative estimate of drug-likeness (QED) is 0.777. The maximum Gasteiger partial charge on any atom is 0.240 e. The van der Waals surface area contributed by atoms with Gasteiger partial charge < -0.3 is 9.26 Å². The number of hydrogen-bond acceptors (Lipinski definition) is 6. The van der Waals surface area contributed by atoms with Crippen molar-refractivity contribution in [2.75, 3.05) is 39.3 Å². The van der Waals surface area contributed by atoms with Crippen LogP contribution in [0.4, 0.5) is 0 Å². The molecule has 1 aliphatic heterocycles. The van der Waals surface area contributed by atoms with Gasteiger partial charge in [0.05, 0.1) is 6.54 Å². The molecule has 0 unspecified atom stereocenters. The van der Waals surface area contributed by atoms with Gasteiger partial charge in [-0.2, -0.15) is 4.98 Å². The van der Waals surface area contributed by atoms with Crippen LogP contribution in [-0.2, 0) is 13.0 Å². The third-order valence-electron chi connectivity index (χ3n) is 4.07. The van der Waals surface area contributed by atoms with Crippen LogP contribution in [0.1, 0.15) is 18.6 Å². The summed E-state index contributed by atoms with van der Waals surface area (Å²) in [4.78, 5) is 9.17. The van der Waals surface area contributed by atoms with E-state index >= 15 is 0 Å². The summed E-state index contributed by atoms with van der Waals surface area (Å²) in [5.74, 6) is 2.45. The summed E-state index contributed by atoms with van der Waals surface area (Å²) < 4.78 is 11.0. The van der Waals surface area contributed by atoms with Gasteiger partial charge >= 0.3 is 0 Å². The lowest BCUT2D eigenvalue weighted by Crippen LogP contribution is -2.47. The number of aryl methyl sites for hydroxylation is 1. The van der Waals surface area contributed by atoms with Crippen molar-refractivity contribution in [2.24, 2.45) is 0 Å².